The lowest BCUT2D eigenvalue weighted by Crippen LogP contribution is -1.90. The second-order valence-electron chi connectivity index (χ2n) is 4.85. The Labute approximate surface area is 169 Å². The quantitative estimate of drug-likeness (QED) is 0.367. The third kappa shape index (κ3) is 3.35. The van der Waals surface area contributed by atoms with E-state index in [1.54, 1.807) is 24.3 Å². The third-order valence-corrected chi connectivity index (χ3v) is 5.96. The average molecular weight is 438 g/mol. The van der Waals surface area contributed by atoms with Gasteiger partial charge >= 0.3 is 0 Å². The lowest BCUT2D eigenvalue weighted by atomic mass is 10.1. The molecule has 0 N–H and O–H groups in total. The standard InChI is InChI=1S/C17H7Cl6N/c18-10-6-4-8(14(20)16(10)22)12-2-1-3-13(24-12)9-5-7-11(19)17(23)15(9)21/h1-7H. The van der Waals surface area contributed by atoms with Gasteiger partial charge in [0.05, 0.1) is 41.5 Å². The van der Waals surface area contributed by atoms with E-state index in [1.807, 2.05) is 18.2 Å². The summed E-state index contributed by atoms with van der Waals surface area (Å²) in [7, 11) is 0. The van der Waals surface area contributed by atoms with E-state index in [1.165, 1.54) is 0 Å². The predicted molar refractivity (Wildman–Crippen MR) is 105 cm³/mol. The maximum atomic E-state index is 6.29. The van der Waals surface area contributed by atoms with Gasteiger partial charge < -0.3 is 0 Å². The molecule has 1 aromatic heterocycles. The largest absolute Gasteiger partial charge is 0.248 e. The predicted octanol–water partition coefficient (Wildman–Crippen LogP) is 8.34. The van der Waals surface area contributed by atoms with Crippen LogP contribution >= 0.6 is 69.6 Å². The number of pyridine rings is 1. The normalized spacial score (nSPS) is 10.9. The zero-order valence-corrected chi connectivity index (χ0v) is 16.3. The summed E-state index contributed by atoms with van der Waals surface area (Å²) in [5.41, 5.74) is 2.62. The Kier molecular flexibility index (Phi) is 5.51. The van der Waals surface area contributed by atoms with Crippen molar-refractivity contribution < 1.29 is 0 Å². The first kappa shape index (κ1) is 18.1. The van der Waals surface area contributed by atoms with Crippen molar-refractivity contribution in [2.24, 2.45) is 0 Å². The smallest absolute Gasteiger partial charge is 0.0785 e. The zero-order valence-electron chi connectivity index (χ0n) is 11.8. The molecule has 0 spiro atoms. The van der Waals surface area contributed by atoms with Crippen LogP contribution in [0.3, 0.4) is 0 Å². The van der Waals surface area contributed by atoms with Crippen LogP contribution in [0.2, 0.25) is 30.1 Å². The van der Waals surface area contributed by atoms with Crippen LogP contribution in [0, 0.1) is 0 Å². The van der Waals surface area contributed by atoms with E-state index in [0.29, 0.717) is 42.6 Å². The minimum absolute atomic E-state index is 0.288. The number of benzene rings is 2. The van der Waals surface area contributed by atoms with Gasteiger partial charge in [-0.25, -0.2) is 4.98 Å². The van der Waals surface area contributed by atoms with Crippen LogP contribution in [-0.2, 0) is 0 Å². The Morgan fingerprint density at radius 2 is 0.917 bits per heavy atom. The maximum Gasteiger partial charge on any atom is 0.0785 e. The van der Waals surface area contributed by atoms with Crippen molar-refractivity contribution in [1.29, 1.82) is 0 Å². The lowest BCUT2D eigenvalue weighted by molar-refractivity contribution is 1.32. The minimum Gasteiger partial charge on any atom is -0.248 e. The van der Waals surface area contributed by atoms with Crippen molar-refractivity contribution in [3.8, 4) is 22.5 Å². The summed E-state index contributed by atoms with van der Waals surface area (Å²) in [6, 6.07) is 12.4. The third-order valence-electron chi connectivity index (χ3n) is 3.37. The first-order chi connectivity index (χ1) is 11.4. The molecule has 0 radical (unpaired) electrons. The molecule has 0 bridgehead atoms. The number of hydrogen-bond acceptors (Lipinski definition) is 1. The van der Waals surface area contributed by atoms with Crippen LogP contribution in [0.5, 0.6) is 0 Å². The Hall–Kier alpha value is -0.670. The summed E-state index contributed by atoms with van der Waals surface area (Å²) in [5, 5.41) is 2.03. The Morgan fingerprint density at radius 3 is 1.33 bits per heavy atom. The monoisotopic (exact) mass is 435 g/mol. The van der Waals surface area contributed by atoms with E-state index in [-0.39, 0.29) is 10.0 Å². The summed E-state index contributed by atoms with van der Waals surface area (Å²) in [6.07, 6.45) is 0. The summed E-state index contributed by atoms with van der Waals surface area (Å²) in [4.78, 5) is 4.60. The second-order valence-corrected chi connectivity index (χ2v) is 7.18. The second kappa shape index (κ2) is 7.29. The molecule has 1 nitrogen and oxygen atoms in total. The molecule has 3 aromatic rings. The first-order valence-electron chi connectivity index (χ1n) is 6.65. The topological polar surface area (TPSA) is 12.9 Å². The molecular formula is C17H7Cl6N. The SMILES string of the molecule is Clc1ccc(-c2cccc(-c3ccc(Cl)c(Cl)c3Cl)n2)c(Cl)c1Cl. The Bertz CT molecular complexity index is 866. The van der Waals surface area contributed by atoms with Gasteiger partial charge in [-0.2, -0.15) is 0 Å². The van der Waals surface area contributed by atoms with Crippen molar-refractivity contribution in [2.75, 3.05) is 0 Å². The van der Waals surface area contributed by atoms with Gasteiger partial charge in [0, 0.05) is 11.1 Å². The number of nitrogens with zero attached hydrogens (tertiary/aromatic N) is 1. The van der Waals surface area contributed by atoms with E-state index >= 15 is 0 Å². The van der Waals surface area contributed by atoms with Gasteiger partial charge in [0.1, 0.15) is 0 Å². The molecule has 0 aliphatic heterocycles. The fraction of sp³-hybridized carbons (Fsp3) is 0. The highest BCUT2D eigenvalue weighted by Crippen LogP contribution is 2.40. The molecule has 3 rings (SSSR count). The van der Waals surface area contributed by atoms with Gasteiger partial charge in [0.25, 0.3) is 0 Å². The van der Waals surface area contributed by atoms with Crippen LogP contribution in [0.25, 0.3) is 22.5 Å². The molecule has 2 aromatic carbocycles. The summed E-state index contributed by atoms with van der Waals surface area (Å²) >= 11 is 36.7. The van der Waals surface area contributed by atoms with E-state index in [4.69, 9.17) is 69.6 Å². The lowest BCUT2D eigenvalue weighted by Gasteiger charge is -2.10. The molecule has 0 aliphatic rings. The maximum absolute atomic E-state index is 6.29. The van der Waals surface area contributed by atoms with Crippen molar-refractivity contribution >= 4 is 69.6 Å². The highest BCUT2D eigenvalue weighted by molar-refractivity contribution is 6.49. The van der Waals surface area contributed by atoms with Gasteiger partial charge in [0.15, 0.2) is 0 Å². The molecule has 0 unspecified atom stereocenters. The van der Waals surface area contributed by atoms with Crippen LogP contribution < -0.4 is 0 Å². The van der Waals surface area contributed by atoms with Crippen molar-refractivity contribution in [2.45, 2.75) is 0 Å². The summed E-state index contributed by atoms with van der Waals surface area (Å²) in [5.74, 6) is 0. The van der Waals surface area contributed by atoms with Gasteiger partial charge in [-0.15, -0.1) is 0 Å². The van der Waals surface area contributed by atoms with E-state index in [0.717, 1.165) is 0 Å². The zero-order chi connectivity index (χ0) is 17.4. The van der Waals surface area contributed by atoms with E-state index in [2.05, 4.69) is 4.98 Å². The number of halogens is 6. The van der Waals surface area contributed by atoms with Crippen LogP contribution in [-0.4, -0.2) is 4.98 Å². The molecule has 1 heterocycles. The molecule has 122 valence electrons. The van der Waals surface area contributed by atoms with Gasteiger partial charge in [-0.1, -0.05) is 75.7 Å². The van der Waals surface area contributed by atoms with Gasteiger partial charge in [0.2, 0.25) is 0 Å². The van der Waals surface area contributed by atoms with Crippen molar-refractivity contribution in [3.63, 3.8) is 0 Å². The first-order valence-corrected chi connectivity index (χ1v) is 8.91. The number of hydrogen-bond donors (Lipinski definition) is 0. The fourth-order valence-corrected chi connectivity index (χ4v) is 3.45. The van der Waals surface area contributed by atoms with Crippen LogP contribution in [0.1, 0.15) is 0 Å². The summed E-state index contributed by atoms with van der Waals surface area (Å²) < 4.78 is 0. The average Bonchev–Trinajstić information content (AvgIpc) is 2.58. The Morgan fingerprint density at radius 1 is 0.500 bits per heavy atom. The van der Waals surface area contributed by atoms with Gasteiger partial charge in [-0.05, 0) is 36.4 Å². The highest BCUT2D eigenvalue weighted by atomic mass is 35.5. The Balaban J connectivity index is 2.15. The molecule has 0 aliphatic carbocycles. The molecular weight excluding hydrogens is 431 g/mol. The van der Waals surface area contributed by atoms with E-state index < -0.39 is 0 Å². The molecule has 0 amide bonds. The molecule has 24 heavy (non-hydrogen) atoms. The molecule has 0 saturated heterocycles. The molecule has 7 heteroatoms. The number of aromatic nitrogens is 1. The van der Waals surface area contributed by atoms with E-state index in [9.17, 15) is 0 Å². The van der Waals surface area contributed by atoms with Crippen molar-refractivity contribution in [1.82, 2.24) is 4.98 Å². The van der Waals surface area contributed by atoms with Crippen molar-refractivity contribution in [3.05, 3.63) is 72.6 Å². The fourth-order valence-electron chi connectivity index (χ4n) is 2.18. The molecule has 0 atom stereocenters. The minimum atomic E-state index is 0.288. The van der Waals surface area contributed by atoms with Crippen LogP contribution in [0.15, 0.2) is 42.5 Å². The molecule has 0 saturated carbocycles. The number of rotatable bonds is 2. The summed E-state index contributed by atoms with van der Waals surface area (Å²) in [6.45, 7) is 0. The highest BCUT2D eigenvalue weighted by Gasteiger charge is 2.15. The molecule has 0 fully saturated rings. The van der Waals surface area contributed by atoms with Gasteiger partial charge in [-0.3, -0.25) is 0 Å². The van der Waals surface area contributed by atoms with Crippen LogP contribution in [0.4, 0.5) is 0 Å².